The average molecular weight is 296 g/mol. The van der Waals surface area contributed by atoms with Gasteiger partial charge in [-0.05, 0) is 40.0 Å². The summed E-state index contributed by atoms with van der Waals surface area (Å²) in [6, 6.07) is 0.583. The number of methoxy groups -OCH3 is 1. The van der Waals surface area contributed by atoms with Crippen LogP contribution in [0.4, 0.5) is 4.79 Å². The largest absolute Gasteiger partial charge is 0.444 e. The zero-order valence-corrected chi connectivity index (χ0v) is 13.6. The molecule has 1 amide bonds. The van der Waals surface area contributed by atoms with Gasteiger partial charge in [-0.3, -0.25) is 0 Å². The van der Waals surface area contributed by atoms with Crippen molar-refractivity contribution in [2.45, 2.75) is 57.8 Å². The van der Waals surface area contributed by atoms with Gasteiger partial charge in [-0.15, -0.1) is 0 Å². The van der Waals surface area contributed by atoms with Crippen LogP contribution in [0.1, 0.15) is 40.0 Å². The highest BCUT2D eigenvalue weighted by molar-refractivity contribution is 5.68. The van der Waals surface area contributed by atoms with Gasteiger partial charge in [-0.1, -0.05) is 11.6 Å². The number of hydrogen-bond acceptors (Lipinski definition) is 4. The van der Waals surface area contributed by atoms with E-state index in [0.717, 1.165) is 32.4 Å². The Morgan fingerprint density at radius 2 is 2.14 bits per heavy atom. The highest BCUT2D eigenvalue weighted by atomic mass is 16.6. The van der Waals surface area contributed by atoms with Gasteiger partial charge in [0.05, 0.1) is 6.10 Å². The van der Waals surface area contributed by atoms with Gasteiger partial charge in [0, 0.05) is 32.8 Å². The minimum atomic E-state index is -0.426. The Bertz CT molecular complexity index is 395. The standard InChI is InChI=1S/C16H28N2O3/c1-16(2,3)21-15(19)18-7-5-12(6-8-18)11-17-13-9-14(10-13)20-4/h5,13-14,17H,6-11H2,1-4H3. The molecule has 1 aliphatic carbocycles. The van der Waals surface area contributed by atoms with E-state index in [2.05, 4.69) is 11.4 Å². The van der Waals surface area contributed by atoms with E-state index < -0.39 is 5.60 Å². The number of rotatable bonds is 4. The van der Waals surface area contributed by atoms with Crippen molar-refractivity contribution in [2.75, 3.05) is 26.7 Å². The number of hydrogen-bond donors (Lipinski definition) is 1. The van der Waals surface area contributed by atoms with Gasteiger partial charge >= 0.3 is 6.09 Å². The van der Waals surface area contributed by atoms with Crippen molar-refractivity contribution in [3.8, 4) is 0 Å². The zero-order valence-electron chi connectivity index (χ0n) is 13.6. The maximum absolute atomic E-state index is 12.0. The summed E-state index contributed by atoms with van der Waals surface area (Å²) in [6.45, 7) is 8.00. The Morgan fingerprint density at radius 3 is 2.67 bits per heavy atom. The Hall–Kier alpha value is -1.07. The molecule has 1 heterocycles. The van der Waals surface area contributed by atoms with Crippen molar-refractivity contribution < 1.29 is 14.3 Å². The third-order valence-corrected chi connectivity index (χ3v) is 4.00. The topological polar surface area (TPSA) is 50.8 Å². The lowest BCUT2D eigenvalue weighted by molar-refractivity contribution is 0.0178. The van der Waals surface area contributed by atoms with Gasteiger partial charge in [0.25, 0.3) is 0 Å². The molecule has 21 heavy (non-hydrogen) atoms. The van der Waals surface area contributed by atoms with Crippen molar-refractivity contribution in [3.05, 3.63) is 11.6 Å². The first-order chi connectivity index (χ1) is 9.87. The normalized spacial score (nSPS) is 26.1. The van der Waals surface area contributed by atoms with Crippen molar-refractivity contribution in [1.82, 2.24) is 10.2 Å². The SMILES string of the molecule is COC1CC(NCC2=CCN(C(=O)OC(C)(C)C)CC2)C1. The maximum atomic E-state index is 12.0. The fourth-order valence-corrected chi connectivity index (χ4v) is 2.56. The summed E-state index contributed by atoms with van der Waals surface area (Å²) in [6.07, 6.45) is 5.50. The molecule has 0 saturated heterocycles. The van der Waals surface area contributed by atoms with Crippen LogP contribution in [0.2, 0.25) is 0 Å². The highest BCUT2D eigenvalue weighted by Crippen LogP contribution is 2.23. The van der Waals surface area contributed by atoms with Crippen molar-refractivity contribution in [3.63, 3.8) is 0 Å². The fraction of sp³-hybridized carbons (Fsp3) is 0.812. The third kappa shape index (κ3) is 5.00. The molecule has 1 fully saturated rings. The van der Waals surface area contributed by atoms with E-state index in [-0.39, 0.29) is 6.09 Å². The van der Waals surface area contributed by atoms with E-state index in [4.69, 9.17) is 9.47 Å². The van der Waals surface area contributed by atoms with E-state index in [1.165, 1.54) is 5.57 Å². The van der Waals surface area contributed by atoms with Gasteiger partial charge in [0.2, 0.25) is 0 Å². The highest BCUT2D eigenvalue weighted by Gasteiger charge is 2.29. The summed E-state index contributed by atoms with van der Waals surface area (Å²) in [4.78, 5) is 13.7. The number of nitrogens with zero attached hydrogens (tertiary/aromatic N) is 1. The molecule has 0 spiro atoms. The van der Waals surface area contributed by atoms with Gasteiger partial charge < -0.3 is 19.7 Å². The average Bonchev–Trinajstić information content (AvgIpc) is 2.36. The van der Waals surface area contributed by atoms with E-state index in [1.807, 2.05) is 20.8 Å². The Morgan fingerprint density at radius 1 is 1.43 bits per heavy atom. The summed E-state index contributed by atoms with van der Waals surface area (Å²) >= 11 is 0. The molecular weight excluding hydrogens is 268 g/mol. The predicted octanol–water partition coefficient (Wildman–Crippen LogP) is 2.32. The maximum Gasteiger partial charge on any atom is 0.410 e. The predicted molar refractivity (Wildman–Crippen MR) is 82.3 cm³/mol. The Balaban J connectivity index is 1.68. The molecule has 2 aliphatic rings. The lowest BCUT2D eigenvalue weighted by Gasteiger charge is -2.35. The molecular formula is C16H28N2O3. The van der Waals surface area contributed by atoms with E-state index in [9.17, 15) is 4.79 Å². The first-order valence-corrected chi connectivity index (χ1v) is 7.79. The molecule has 0 radical (unpaired) electrons. The second kappa shape index (κ2) is 6.79. The number of amides is 1. The molecule has 0 unspecified atom stereocenters. The lowest BCUT2D eigenvalue weighted by Crippen LogP contribution is -2.46. The molecule has 1 aliphatic heterocycles. The zero-order chi connectivity index (χ0) is 15.5. The third-order valence-electron chi connectivity index (χ3n) is 4.00. The molecule has 0 aromatic heterocycles. The molecule has 1 N–H and O–H groups in total. The molecule has 0 aromatic rings. The molecule has 2 rings (SSSR count). The van der Waals surface area contributed by atoms with Gasteiger partial charge in [0.15, 0.2) is 0 Å². The van der Waals surface area contributed by atoms with Crippen LogP contribution < -0.4 is 5.32 Å². The van der Waals surface area contributed by atoms with Gasteiger partial charge in [0.1, 0.15) is 5.60 Å². The summed E-state index contributed by atoms with van der Waals surface area (Å²) in [5.41, 5.74) is 0.959. The summed E-state index contributed by atoms with van der Waals surface area (Å²) in [5, 5.41) is 3.55. The molecule has 5 heteroatoms. The van der Waals surface area contributed by atoms with Crippen LogP contribution in [0.5, 0.6) is 0 Å². The molecule has 0 bridgehead atoms. The number of ether oxygens (including phenoxy) is 2. The Labute approximate surface area is 127 Å². The fourth-order valence-electron chi connectivity index (χ4n) is 2.56. The lowest BCUT2D eigenvalue weighted by atomic mass is 9.89. The summed E-state index contributed by atoms with van der Waals surface area (Å²) < 4.78 is 10.7. The first kappa shape index (κ1) is 16.3. The van der Waals surface area contributed by atoms with Crippen LogP contribution in [0.15, 0.2) is 11.6 Å². The minimum Gasteiger partial charge on any atom is -0.444 e. The molecule has 0 aromatic carbocycles. The quantitative estimate of drug-likeness (QED) is 0.809. The van der Waals surface area contributed by atoms with Gasteiger partial charge in [-0.25, -0.2) is 4.79 Å². The van der Waals surface area contributed by atoms with E-state index in [1.54, 1.807) is 12.0 Å². The molecule has 1 saturated carbocycles. The van der Waals surface area contributed by atoms with Crippen molar-refractivity contribution in [1.29, 1.82) is 0 Å². The second-order valence-electron chi connectivity index (χ2n) is 6.95. The smallest absolute Gasteiger partial charge is 0.410 e. The van der Waals surface area contributed by atoms with E-state index >= 15 is 0 Å². The van der Waals surface area contributed by atoms with Crippen molar-refractivity contribution in [2.24, 2.45) is 0 Å². The number of carbonyl (C=O) groups is 1. The van der Waals surface area contributed by atoms with Crippen LogP contribution >= 0.6 is 0 Å². The summed E-state index contributed by atoms with van der Waals surface area (Å²) in [5.74, 6) is 0. The van der Waals surface area contributed by atoms with Crippen LogP contribution in [0, 0.1) is 0 Å². The van der Waals surface area contributed by atoms with Crippen molar-refractivity contribution >= 4 is 6.09 Å². The molecule has 0 atom stereocenters. The first-order valence-electron chi connectivity index (χ1n) is 7.79. The number of carbonyl (C=O) groups excluding carboxylic acids is 1. The minimum absolute atomic E-state index is 0.215. The van der Waals surface area contributed by atoms with Gasteiger partial charge in [-0.2, -0.15) is 0 Å². The molecule has 5 nitrogen and oxygen atoms in total. The van der Waals surface area contributed by atoms with Crippen LogP contribution in [-0.4, -0.2) is 55.5 Å². The molecule has 120 valence electrons. The van der Waals surface area contributed by atoms with E-state index in [0.29, 0.717) is 18.7 Å². The monoisotopic (exact) mass is 296 g/mol. The van der Waals surface area contributed by atoms with Crippen LogP contribution in [-0.2, 0) is 9.47 Å². The summed E-state index contributed by atoms with van der Waals surface area (Å²) in [7, 11) is 1.77. The van der Waals surface area contributed by atoms with Crippen LogP contribution in [0.3, 0.4) is 0 Å². The Kier molecular flexibility index (Phi) is 5.27. The second-order valence-corrected chi connectivity index (χ2v) is 6.95. The van der Waals surface area contributed by atoms with Crippen LogP contribution in [0.25, 0.3) is 0 Å². The number of nitrogens with one attached hydrogen (secondary N) is 1.